The number of urea groups is 1. The minimum absolute atomic E-state index is 0.0255. The van der Waals surface area contributed by atoms with Gasteiger partial charge in [-0.2, -0.15) is 0 Å². The highest BCUT2D eigenvalue weighted by molar-refractivity contribution is 5.99. The van der Waals surface area contributed by atoms with Crippen molar-refractivity contribution >= 4 is 47.2 Å². The third kappa shape index (κ3) is 9.82. The number of aryl methyl sites for hydroxylation is 2. The highest BCUT2D eigenvalue weighted by Crippen LogP contribution is 2.29. The molecule has 4 aliphatic rings. The second kappa shape index (κ2) is 18.1. The first-order chi connectivity index (χ1) is 28.0. The molecule has 4 saturated heterocycles. The number of anilines is 1. The van der Waals surface area contributed by atoms with E-state index >= 15 is 0 Å². The molecule has 0 aromatic heterocycles. The van der Waals surface area contributed by atoms with Crippen LogP contribution in [0.2, 0.25) is 0 Å². The van der Waals surface area contributed by atoms with Crippen LogP contribution in [-0.2, 0) is 39.9 Å². The fraction of sp³-hybridized carbons (Fsp3) is 0.548. The molecule has 4 heterocycles. The Labute approximate surface area is 341 Å². The standard InChI is InChI=1S/C42H53F2N7O8/c1-22-15-34-41(57)59-26(5)35(48-36(52)31(19-27-17-28(43)20-29(44)18-27)47-42(58)46-30-12-11-23(2)24(3)16-30)40(56)50-14-8-10-33(50)39(55)49-13-7-6-9-32(49)37(53)45-25(4)38(54)51(34)21-22/h11-12,16-18,20,22,25-26,31-35H,6-10,13-15,19,21H2,1-5H3,(H,45,53)(H,48,52)(H2,46,47,58)/t22-,25-,26-,31-,32-,33-,34-,35-/m0/s1. The monoisotopic (exact) mass is 821 g/mol. The Bertz CT molecular complexity index is 1980. The van der Waals surface area contributed by atoms with Crippen LogP contribution in [0.4, 0.5) is 19.3 Å². The molecule has 4 N–H and O–H groups in total. The average molecular weight is 822 g/mol. The minimum Gasteiger partial charge on any atom is -0.458 e. The summed E-state index contributed by atoms with van der Waals surface area (Å²) in [7, 11) is 0. The molecule has 7 amide bonds. The number of carbonyl (C=O) groups is 7. The summed E-state index contributed by atoms with van der Waals surface area (Å²) in [6.07, 6.45) is 0.809. The van der Waals surface area contributed by atoms with E-state index < -0.39 is 102 Å². The molecule has 6 rings (SSSR count). The second-order valence-corrected chi connectivity index (χ2v) is 16.4. The fourth-order valence-corrected chi connectivity index (χ4v) is 8.54. The van der Waals surface area contributed by atoms with E-state index in [0.29, 0.717) is 37.4 Å². The van der Waals surface area contributed by atoms with Crippen LogP contribution in [0.15, 0.2) is 36.4 Å². The van der Waals surface area contributed by atoms with Gasteiger partial charge in [0.05, 0.1) is 0 Å². The predicted molar refractivity (Wildman–Crippen MR) is 210 cm³/mol. The average Bonchev–Trinajstić information content (AvgIpc) is 3.83. The van der Waals surface area contributed by atoms with Crippen molar-refractivity contribution in [2.45, 2.75) is 122 Å². The van der Waals surface area contributed by atoms with Crippen molar-refractivity contribution in [3.8, 4) is 0 Å². The van der Waals surface area contributed by atoms with Gasteiger partial charge in [0.1, 0.15) is 54.0 Å². The number of esters is 1. The topological polar surface area (TPSA) is 187 Å². The number of hydrogen-bond acceptors (Lipinski definition) is 8. The summed E-state index contributed by atoms with van der Waals surface area (Å²) in [6, 6.07) is -0.0583. The van der Waals surface area contributed by atoms with Crippen LogP contribution >= 0.6 is 0 Å². The molecular weight excluding hydrogens is 768 g/mol. The maximum Gasteiger partial charge on any atom is 0.329 e. The number of halogens is 2. The van der Waals surface area contributed by atoms with E-state index in [1.54, 1.807) is 18.2 Å². The summed E-state index contributed by atoms with van der Waals surface area (Å²) in [5.74, 6) is -5.94. The molecule has 318 valence electrons. The molecule has 2 aromatic carbocycles. The number of carbonyl (C=O) groups excluding carboxylic acids is 7. The smallest absolute Gasteiger partial charge is 0.329 e. The predicted octanol–water partition coefficient (Wildman–Crippen LogP) is 2.86. The molecule has 2 aromatic rings. The van der Waals surface area contributed by atoms with Crippen LogP contribution in [0.1, 0.15) is 76.0 Å². The molecule has 4 fully saturated rings. The van der Waals surface area contributed by atoms with Crippen molar-refractivity contribution in [3.63, 3.8) is 0 Å². The summed E-state index contributed by atoms with van der Waals surface area (Å²) in [5.41, 5.74) is 2.31. The summed E-state index contributed by atoms with van der Waals surface area (Å²) < 4.78 is 34.6. The zero-order chi connectivity index (χ0) is 42.7. The van der Waals surface area contributed by atoms with Crippen LogP contribution < -0.4 is 21.3 Å². The first kappa shape index (κ1) is 43.0. The summed E-state index contributed by atoms with van der Waals surface area (Å²) >= 11 is 0. The van der Waals surface area contributed by atoms with E-state index in [2.05, 4.69) is 21.3 Å². The van der Waals surface area contributed by atoms with Crippen LogP contribution in [-0.4, -0.2) is 118 Å². The molecule has 4 aliphatic heterocycles. The van der Waals surface area contributed by atoms with Crippen molar-refractivity contribution in [1.29, 1.82) is 0 Å². The van der Waals surface area contributed by atoms with Gasteiger partial charge in [0.2, 0.25) is 29.5 Å². The van der Waals surface area contributed by atoms with Gasteiger partial charge in [0, 0.05) is 37.8 Å². The molecular formula is C42H53F2N7O8. The number of amides is 7. The van der Waals surface area contributed by atoms with Gasteiger partial charge in [-0.1, -0.05) is 13.0 Å². The van der Waals surface area contributed by atoms with Gasteiger partial charge in [-0.15, -0.1) is 0 Å². The Balaban J connectivity index is 1.34. The zero-order valence-corrected chi connectivity index (χ0v) is 34.0. The zero-order valence-electron chi connectivity index (χ0n) is 34.0. The van der Waals surface area contributed by atoms with E-state index in [1.807, 2.05) is 20.8 Å². The molecule has 0 aliphatic carbocycles. The van der Waals surface area contributed by atoms with Gasteiger partial charge in [0.25, 0.3) is 0 Å². The molecule has 0 saturated carbocycles. The number of ether oxygens (including phenoxy) is 1. The molecule has 17 heteroatoms. The van der Waals surface area contributed by atoms with Gasteiger partial charge in [0.15, 0.2) is 0 Å². The number of nitrogens with zero attached hydrogens (tertiary/aromatic N) is 3. The molecule has 59 heavy (non-hydrogen) atoms. The number of cyclic esters (lactones) is 1. The Morgan fingerprint density at radius 3 is 2.20 bits per heavy atom. The molecule has 0 radical (unpaired) electrons. The van der Waals surface area contributed by atoms with Gasteiger partial charge in [-0.3, -0.25) is 24.0 Å². The van der Waals surface area contributed by atoms with Crippen molar-refractivity contribution in [3.05, 3.63) is 64.7 Å². The van der Waals surface area contributed by atoms with Crippen LogP contribution in [0, 0.1) is 31.4 Å². The summed E-state index contributed by atoms with van der Waals surface area (Å²) in [6.45, 7) is 9.14. The van der Waals surface area contributed by atoms with Crippen molar-refractivity contribution in [2.24, 2.45) is 5.92 Å². The minimum atomic E-state index is -1.62. The van der Waals surface area contributed by atoms with Crippen LogP contribution in [0.25, 0.3) is 0 Å². The maximum absolute atomic E-state index is 14.7. The van der Waals surface area contributed by atoms with Crippen molar-refractivity contribution < 1.29 is 47.1 Å². The van der Waals surface area contributed by atoms with Gasteiger partial charge in [-0.25, -0.2) is 18.4 Å². The first-order valence-corrected chi connectivity index (χ1v) is 20.3. The van der Waals surface area contributed by atoms with E-state index in [9.17, 15) is 42.3 Å². The lowest BCUT2D eigenvalue weighted by atomic mass is 9.99. The highest BCUT2D eigenvalue weighted by Gasteiger charge is 2.47. The van der Waals surface area contributed by atoms with Gasteiger partial charge in [-0.05, 0) is 113 Å². The lowest BCUT2D eigenvalue weighted by Crippen LogP contribution is -2.63. The van der Waals surface area contributed by atoms with E-state index in [1.165, 1.54) is 28.5 Å². The van der Waals surface area contributed by atoms with Gasteiger partial charge >= 0.3 is 12.0 Å². The van der Waals surface area contributed by atoms with Crippen molar-refractivity contribution in [2.75, 3.05) is 25.0 Å². The first-order valence-electron chi connectivity index (χ1n) is 20.3. The SMILES string of the molecule is Cc1ccc(NC(=O)N[C@@H](Cc2cc(F)cc(F)c2)C(=O)N[C@@H]2C(=O)N3CCC[C@H]3C(=O)N3CCCC[C@H]3C(=O)N[C@@H](C)C(=O)N3C[C@@H](C)C[C@H]3C(=O)O[C@H]2C)cc1C. The van der Waals surface area contributed by atoms with E-state index in [0.717, 1.165) is 23.3 Å². The third-order valence-electron chi connectivity index (χ3n) is 11.8. The molecule has 0 bridgehead atoms. The summed E-state index contributed by atoms with van der Waals surface area (Å²) in [4.78, 5) is 102. The van der Waals surface area contributed by atoms with Crippen LogP contribution in [0.3, 0.4) is 0 Å². The molecule has 8 atom stereocenters. The highest BCUT2D eigenvalue weighted by atomic mass is 19.1. The third-order valence-corrected chi connectivity index (χ3v) is 11.8. The lowest BCUT2D eigenvalue weighted by molar-refractivity contribution is -0.163. The number of rotatable bonds is 6. The fourth-order valence-electron chi connectivity index (χ4n) is 8.54. The largest absolute Gasteiger partial charge is 0.458 e. The number of piperidine rings is 1. The Morgan fingerprint density at radius 2 is 1.49 bits per heavy atom. The molecule has 0 spiro atoms. The maximum atomic E-state index is 14.7. The van der Waals surface area contributed by atoms with Gasteiger partial charge < -0.3 is 40.7 Å². The van der Waals surface area contributed by atoms with Crippen molar-refractivity contribution in [1.82, 2.24) is 30.7 Å². The normalized spacial score (nSPS) is 27.3. The Kier molecular flexibility index (Phi) is 13.2. The van der Waals surface area contributed by atoms with E-state index in [-0.39, 0.29) is 44.0 Å². The number of hydrogen-bond donors (Lipinski definition) is 4. The lowest BCUT2D eigenvalue weighted by Gasteiger charge is -2.39. The number of nitrogens with one attached hydrogen (secondary N) is 4. The quantitative estimate of drug-likeness (QED) is 0.321. The van der Waals surface area contributed by atoms with Crippen LogP contribution in [0.5, 0.6) is 0 Å². The molecule has 0 unspecified atom stereocenters. The number of fused-ring (bicyclic) bond motifs is 3. The Hall–Kier alpha value is -5.61. The van der Waals surface area contributed by atoms with E-state index in [4.69, 9.17) is 4.74 Å². The number of benzene rings is 2. The summed E-state index contributed by atoms with van der Waals surface area (Å²) in [5, 5.41) is 10.6. The Morgan fingerprint density at radius 1 is 0.814 bits per heavy atom. The second-order valence-electron chi connectivity index (χ2n) is 16.4. The molecule has 15 nitrogen and oxygen atoms in total.